The van der Waals surface area contributed by atoms with Crippen LogP contribution >= 0.6 is 0 Å². The van der Waals surface area contributed by atoms with Crippen LogP contribution in [0.2, 0.25) is 0 Å². The van der Waals surface area contributed by atoms with Crippen LogP contribution in [0.1, 0.15) is 16.7 Å². The molecule has 0 spiro atoms. The lowest BCUT2D eigenvalue weighted by Crippen LogP contribution is -2.04. The largest absolute Gasteiger partial charge is 0.437 e. The Morgan fingerprint density at radius 3 is 2.46 bits per heavy atom. The Bertz CT molecular complexity index is 860. The molecule has 0 atom stereocenters. The van der Waals surface area contributed by atoms with E-state index in [0.29, 0.717) is 23.1 Å². The van der Waals surface area contributed by atoms with Gasteiger partial charge in [0.05, 0.1) is 0 Å². The number of nitrogens with zero attached hydrogens (tertiary/aromatic N) is 2. The molecule has 0 unspecified atom stereocenters. The molecule has 0 aliphatic heterocycles. The number of nitrogens with two attached hydrogens (primary N) is 1. The van der Waals surface area contributed by atoms with Gasteiger partial charge in [0.15, 0.2) is 5.82 Å². The predicted octanol–water partition coefficient (Wildman–Crippen LogP) is 4.52. The third kappa shape index (κ3) is 3.30. The van der Waals surface area contributed by atoms with E-state index < -0.39 is 0 Å². The van der Waals surface area contributed by atoms with Gasteiger partial charge in [0, 0.05) is 5.69 Å². The summed E-state index contributed by atoms with van der Waals surface area (Å²) in [7, 11) is 0. The minimum absolute atomic E-state index is 0.335. The topological polar surface area (TPSA) is 73.1 Å². The highest BCUT2D eigenvalue weighted by molar-refractivity contribution is 5.74. The summed E-state index contributed by atoms with van der Waals surface area (Å²) in [5, 5.41) is 3.26. The summed E-state index contributed by atoms with van der Waals surface area (Å²) in [6.07, 6.45) is 1.44. The fourth-order valence-electron chi connectivity index (χ4n) is 2.29. The highest BCUT2D eigenvalue weighted by atomic mass is 16.5. The first-order chi connectivity index (χ1) is 11.5. The Morgan fingerprint density at radius 1 is 0.958 bits per heavy atom. The quantitative estimate of drug-likeness (QED) is 0.739. The number of benzene rings is 2. The van der Waals surface area contributed by atoms with E-state index in [1.165, 1.54) is 11.9 Å². The van der Waals surface area contributed by atoms with Crippen LogP contribution in [-0.2, 0) is 0 Å². The van der Waals surface area contributed by atoms with Crippen LogP contribution in [0.3, 0.4) is 0 Å². The normalized spacial score (nSPS) is 10.5. The van der Waals surface area contributed by atoms with E-state index in [9.17, 15) is 0 Å². The standard InChI is InChI=1S/C19H20N4O/c1-12-7-9-15(10-8-12)24-19-17(20)18(21-11-22-19)23-16-6-4-5-13(2)14(16)3/h4-11H,20H2,1-3H3,(H,21,22,23). The van der Waals surface area contributed by atoms with E-state index in [-0.39, 0.29) is 0 Å². The molecule has 3 rings (SSSR count). The number of anilines is 3. The maximum absolute atomic E-state index is 6.18. The van der Waals surface area contributed by atoms with Gasteiger partial charge in [-0.25, -0.2) is 4.98 Å². The van der Waals surface area contributed by atoms with Gasteiger partial charge in [0.25, 0.3) is 0 Å². The molecule has 0 saturated heterocycles. The zero-order valence-corrected chi connectivity index (χ0v) is 14.0. The lowest BCUT2D eigenvalue weighted by atomic mass is 10.1. The number of aromatic nitrogens is 2. The molecule has 0 saturated carbocycles. The van der Waals surface area contributed by atoms with Crippen LogP contribution in [0.4, 0.5) is 17.2 Å². The van der Waals surface area contributed by atoms with E-state index in [2.05, 4.69) is 35.2 Å². The minimum atomic E-state index is 0.335. The lowest BCUT2D eigenvalue weighted by molar-refractivity contribution is 0.464. The summed E-state index contributed by atoms with van der Waals surface area (Å²) in [6.45, 7) is 6.14. The second-order valence-electron chi connectivity index (χ2n) is 5.73. The number of nitrogen functional groups attached to an aromatic ring is 1. The van der Waals surface area contributed by atoms with Crippen molar-refractivity contribution in [2.24, 2.45) is 0 Å². The molecule has 0 fully saturated rings. The fourth-order valence-corrected chi connectivity index (χ4v) is 2.29. The van der Waals surface area contributed by atoms with Crippen molar-refractivity contribution >= 4 is 17.2 Å². The Balaban J connectivity index is 1.88. The van der Waals surface area contributed by atoms with Gasteiger partial charge in [-0.3, -0.25) is 0 Å². The van der Waals surface area contributed by atoms with Gasteiger partial charge in [-0.15, -0.1) is 0 Å². The summed E-state index contributed by atoms with van der Waals surface area (Å²) < 4.78 is 5.78. The van der Waals surface area contributed by atoms with Crippen LogP contribution < -0.4 is 15.8 Å². The van der Waals surface area contributed by atoms with Crippen LogP contribution in [0.5, 0.6) is 11.6 Å². The third-order valence-electron chi connectivity index (χ3n) is 3.94. The van der Waals surface area contributed by atoms with Crippen molar-refractivity contribution in [3.8, 4) is 11.6 Å². The maximum atomic E-state index is 6.18. The smallest absolute Gasteiger partial charge is 0.248 e. The second-order valence-corrected chi connectivity index (χ2v) is 5.73. The van der Waals surface area contributed by atoms with Crippen LogP contribution in [0.25, 0.3) is 0 Å². The molecule has 0 bridgehead atoms. The molecule has 1 aromatic heterocycles. The van der Waals surface area contributed by atoms with Gasteiger partial charge < -0.3 is 15.8 Å². The molecular formula is C19H20N4O. The van der Waals surface area contributed by atoms with Crippen molar-refractivity contribution in [1.82, 2.24) is 9.97 Å². The van der Waals surface area contributed by atoms with Crippen molar-refractivity contribution in [1.29, 1.82) is 0 Å². The van der Waals surface area contributed by atoms with Gasteiger partial charge in [-0.05, 0) is 50.1 Å². The number of hydrogen-bond donors (Lipinski definition) is 2. The van der Waals surface area contributed by atoms with Crippen molar-refractivity contribution in [3.05, 3.63) is 65.5 Å². The fraction of sp³-hybridized carbons (Fsp3) is 0.158. The molecule has 24 heavy (non-hydrogen) atoms. The first kappa shape index (κ1) is 15.8. The Hall–Kier alpha value is -3.08. The van der Waals surface area contributed by atoms with Crippen LogP contribution in [-0.4, -0.2) is 9.97 Å². The Labute approximate surface area is 141 Å². The molecule has 0 aliphatic carbocycles. The SMILES string of the molecule is Cc1ccc(Oc2ncnc(Nc3cccc(C)c3C)c2N)cc1. The molecule has 0 amide bonds. The summed E-state index contributed by atoms with van der Waals surface area (Å²) in [5.41, 5.74) is 11.0. The predicted molar refractivity (Wildman–Crippen MR) is 96.9 cm³/mol. The van der Waals surface area contributed by atoms with Gasteiger partial charge in [0.1, 0.15) is 17.8 Å². The first-order valence-corrected chi connectivity index (χ1v) is 7.73. The molecule has 3 N–H and O–H groups in total. The first-order valence-electron chi connectivity index (χ1n) is 7.73. The Kier molecular flexibility index (Phi) is 4.33. The number of hydrogen-bond acceptors (Lipinski definition) is 5. The van der Waals surface area contributed by atoms with Gasteiger partial charge in [0.2, 0.25) is 5.88 Å². The zero-order valence-electron chi connectivity index (χ0n) is 14.0. The molecule has 122 valence electrons. The molecule has 0 radical (unpaired) electrons. The van der Waals surface area contributed by atoms with E-state index in [1.807, 2.05) is 43.3 Å². The Morgan fingerprint density at radius 2 is 1.71 bits per heavy atom. The van der Waals surface area contributed by atoms with Gasteiger partial charge in [-0.2, -0.15) is 4.98 Å². The monoisotopic (exact) mass is 320 g/mol. The molecule has 3 aromatic rings. The van der Waals surface area contributed by atoms with Crippen molar-refractivity contribution in [3.63, 3.8) is 0 Å². The van der Waals surface area contributed by atoms with Gasteiger partial charge >= 0.3 is 0 Å². The molecule has 1 heterocycles. The number of ether oxygens (including phenoxy) is 1. The highest BCUT2D eigenvalue weighted by Crippen LogP contribution is 2.32. The van der Waals surface area contributed by atoms with Crippen molar-refractivity contribution < 1.29 is 4.74 Å². The average Bonchev–Trinajstić information content (AvgIpc) is 2.57. The number of nitrogens with one attached hydrogen (secondary N) is 1. The summed E-state index contributed by atoms with van der Waals surface area (Å²) in [5.74, 6) is 1.55. The minimum Gasteiger partial charge on any atom is -0.437 e. The molecule has 5 nitrogen and oxygen atoms in total. The molecule has 2 aromatic carbocycles. The van der Waals surface area contributed by atoms with Crippen molar-refractivity contribution in [2.75, 3.05) is 11.1 Å². The summed E-state index contributed by atoms with van der Waals surface area (Å²) >= 11 is 0. The average molecular weight is 320 g/mol. The van der Waals surface area contributed by atoms with E-state index >= 15 is 0 Å². The third-order valence-corrected chi connectivity index (χ3v) is 3.94. The number of aryl methyl sites for hydroxylation is 2. The molecular weight excluding hydrogens is 300 g/mol. The highest BCUT2D eigenvalue weighted by Gasteiger charge is 2.12. The zero-order chi connectivity index (χ0) is 17.1. The summed E-state index contributed by atoms with van der Waals surface area (Å²) in [6, 6.07) is 13.8. The van der Waals surface area contributed by atoms with Crippen LogP contribution in [0, 0.1) is 20.8 Å². The van der Waals surface area contributed by atoms with Crippen LogP contribution in [0.15, 0.2) is 48.8 Å². The van der Waals surface area contributed by atoms with Crippen molar-refractivity contribution in [2.45, 2.75) is 20.8 Å². The second kappa shape index (κ2) is 6.58. The number of rotatable bonds is 4. The lowest BCUT2D eigenvalue weighted by Gasteiger charge is -2.14. The molecule has 0 aliphatic rings. The van der Waals surface area contributed by atoms with Gasteiger partial charge in [-0.1, -0.05) is 29.8 Å². The van der Waals surface area contributed by atoms with E-state index in [0.717, 1.165) is 16.8 Å². The molecule has 5 heteroatoms. The van der Waals surface area contributed by atoms with E-state index in [4.69, 9.17) is 10.5 Å². The van der Waals surface area contributed by atoms with E-state index in [1.54, 1.807) is 0 Å². The summed E-state index contributed by atoms with van der Waals surface area (Å²) in [4.78, 5) is 8.37. The maximum Gasteiger partial charge on any atom is 0.248 e.